The van der Waals surface area contributed by atoms with E-state index in [2.05, 4.69) is 15.3 Å². The van der Waals surface area contributed by atoms with Crippen LogP contribution in [0.2, 0.25) is 5.02 Å². The smallest absolute Gasteiger partial charge is 0.338 e. The molecule has 0 saturated heterocycles. The summed E-state index contributed by atoms with van der Waals surface area (Å²) in [7, 11) is 1.40. The van der Waals surface area contributed by atoms with Gasteiger partial charge in [-0.1, -0.05) is 11.6 Å². The van der Waals surface area contributed by atoms with Crippen LogP contribution in [-0.4, -0.2) is 28.2 Å². The minimum absolute atomic E-state index is 0.0968. The van der Waals surface area contributed by atoms with E-state index in [-0.39, 0.29) is 16.9 Å². The van der Waals surface area contributed by atoms with Gasteiger partial charge in [-0.3, -0.25) is 0 Å². The molecule has 0 aliphatic heterocycles. The zero-order valence-electron chi connectivity index (χ0n) is 10.2. The summed E-state index contributed by atoms with van der Waals surface area (Å²) in [5.74, 6) is -1.98. The van der Waals surface area contributed by atoms with Gasteiger partial charge in [0, 0.05) is 5.69 Å². The highest BCUT2D eigenvalue weighted by Gasteiger charge is 2.12. The Morgan fingerprint density at radius 2 is 2.25 bits per heavy atom. The Bertz CT molecular complexity index is 666. The maximum atomic E-state index is 13.5. The van der Waals surface area contributed by atoms with Crippen molar-refractivity contribution in [1.82, 2.24) is 9.97 Å². The topological polar surface area (TPSA) is 84.3 Å². The highest BCUT2D eigenvalue weighted by Crippen LogP contribution is 2.25. The van der Waals surface area contributed by atoms with Crippen LogP contribution in [0.4, 0.5) is 15.9 Å². The molecule has 104 valence electrons. The third-order valence-corrected chi connectivity index (χ3v) is 2.64. The molecule has 0 aliphatic carbocycles. The molecule has 2 N–H and O–H groups in total. The second kappa shape index (κ2) is 5.70. The Morgan fingerprint density at radius 3 is 2.85 bits per heavy atom. The summed E-state index contributed by atoms with van der Waals surface area (Å²) in [6.07, 6.45) is 1.33. The zero-order valence-corrected chi connectivity index (χ0v) is 11.0. The maximum Gasteiger partial charge on any atom is 0.338 e. The molecule has 8 heteroatoms. The molecule has 1 aromatic heterocycles. The molecule has 0 fully saturated rings. The molecule has 1 aromatic carbocycles. The van der Waals surface area contributed by atoms with E-state index in [1.165, 1.54) is 19.4 Å². The zero-order chi connectivity index (χ0) is 14.7. The molecular formula is C12H9ClFN3O3. The number of anilines is 2. The molecule has 0 aliphatic rings. The number of aromatic nitrogens is 2. The lowest BCUT2D eigenvalue weighted by atomic mass is 10.2. The van der Waals surface area contributed by atoms with Gasteiger partial charge < -0.3 is 15.2 Å². The molecule has 0 atom stereocenters. The first-order chi connectivity index (χ1) is 9.51. The molecular weight excluding hydrogens is 289 g/mol. The number of aromatic carboxylic acids is 1. The van der Waals surface area contributed by atoms with Crippen molar-refractivity contribution in [2.45, 2.75) is 0 Å². The first-order valence-electron chi connectivity index (χ1n) is 5.37. The van der Waals surface area contributed by atoms with Gasteiger partial charge in [0.25, 0.3) is 0 Å². The number of rotatable bonds is 4. The van der Waals surface area contributed by atoms with Gasteiger partial charge in [0.1, 0.15) is 10.8 Å². The van der Waals surface area contributed by atoms with Gasteiger partial charge in [-0.25, -0.2) is 14.2 Å². The van der Waals surface area contributed by atoms with Crippen LogP contribution in [0.1, 0.15) is 10.4 Å². The number of nitrogens with one attached hydrogen (secondary N) is 1. The summed E-state index contributed by atoms with van der Waals surface area (Å²) >= 11 is 5.89. The third kappa shape index (κ3) is 2.94. The van der Waals surface area contributed by atoms with Crippen molar-refractivity contribution in [2.24, 2.45) is 0 Å². The van der Waals surface area contributed by atoms with Crippen LogP contribution in [0.25, 0.3) is 0 Å². The normalized spacial score (nSPS) is 10.2. The lowest BCUT2D eigenvalue weighted by molar-refractivity contribution is 0.0692. The molecule has 2 rings (SSSR count). The number of carboxylic acid groups (broad SMARTS) is 1. The Labute approximate surface area is 118 Å². The largest absolute Gasteiger partial charge is 0.478 e. The highest BCUT2D eigenvalue weighted by atomic mass is 35.5. The number of benzene rings is 1. The van der Waals surface area contributed by atoms with Gasteiger partial charge in [0.05, 0.1) is 18.9 Å². The summed E-state index contributed by atoms with van der Waals surface area (Å²) in [6, 6.07) is 3.68. The lowest BCUT2D eigenvalue weighted by Gasteiger charge is -2.09. The quantitative estimate of drug-likeness (QED) is 0.902. The third-order valence-electron chi connectivity index (χ3n) is 2.37. The molecule has 0 saturated carbocycles. The van der Waals surface area contributed by atoms with E-state index in [1.807, 2.05) is 0 Å². The van der Waals surface area contributed by atoms with Gasteiger partial charge >= 0.3 is 12.0 Å². The maximum absolute atomic E-state index is 13.5. The monoisotopic (exact) mass is 297 g/mol. The minimum Gasteiger partial charge on any atom is -0.478 e. The van der Waals surface area contributed by atoms with Gasteiger partial charge in [0.2, 0.25) is 0 Å². The summed E-state index contributed by atoms with van der Waals surface area (Å²) in [5, 5.41) is 11.7. The molecule has 2 aromatic rings. The highest BCUT2D eigenvalue weighted by molar-refractivity contribution is 6.32. The Kier molecular flexibility index (Phi) is 3.99. The summed E-state index contributed by atoms with van der Waals surface area (Å²) in [6.45, 7) is 0. The van der Waals surface area contributed by atoms with Gasteiger partial charge in [0.15, 0.2) is 5.82 Å². The van der Waals surface area contributed by atoms with Crippen LogP contribution in [0.5, 0.6) is 6.01 Å². The number of ether oxygens (including phenoxy) is 1. The Balaban J connectivity index is 2.30. The van der Waals surface area contributed by atoms with Crippen molar-refractivity contribution < 1.29 is 19.0 Å². The second-order valence-electron chi connectivity index (χ2n) is 3.68. The van der Waals surface area contributed by atoms with E-state index in [1.54, 1.807) is 0 Å². The Hall–Kier alpha value is -2.41. The predicted molar refractivity (Wildman–Crippen MR) is 70.2 cm³/mol. The fraction of sp³-hybridized carbons (Fsp3) is 0.0833. The van der Waals surface area contributed by atoms with E-state index in [0.717, 1.165) is 12.1 Å². The summed E-state index contributed by atoms with van der Waals surface area (Å²) in [4.78, 5) is 18.5. The van der Waals surface area contributed by atoms with Gasteiger partial charge in [-0.05, 0) is 18.2 Å². The van der Waals surface area contributed by atoms with Crippen molar-refractivity contribution in [2.75, 3.05) is 12.4 Å². The van der Waals surface area contributed by atoms with Gasteiger partial charge in [-0.2, -0.15) is 4.98 Å². The SMILES string of the molecule is COc1ncc(Cl)c(Nc2ccc(C(=O)O)c(F)c2)n1. The van der Waals surface area contributed by atoms with Crippen LogP contribution >= 0.6 is 11.6 Å². The molecule has 0 unspecified atom stereocenters. The first kappa shape index (κ1) is 14.0. The fourth-order valence-electron chi connectivity index (χ4n) is 1.44. The molecule has 0 amide bonds. The van der Waals surface area contributed by atoms with Crippen LogP contribution in [0.3, 0.4) is 0 Å². The average molecular weight is 298 g/mol. The number of hydrogen-bond donors (Lipinski definition) is 2. The first-order valence-corrected chi connectivity index (χ1v) is 5.75. The molecule has 1 heterocycles. The van der Waals surface area contributed by atoms with E-state index < -0.39 is 17.3 Å². The van der Waals surface area contributed by atoms with Crippen molar-refractivity contribution in [1.29, 1.82) is 0 Å². The number of methoxy groups -OCH3 is 1. The summed E-state index contributed by atoms with van der Waals surface area (Å²) in [5.41, 5.74) is -0.114. The molecule has 0 spiro atoms. The standard InChI is InChI=1S/C12H9ClFN3O3/c1-20-12-15-5-8(13)10(17-12)16-6-2-3-7(11(18)19)9(14)4-6/h2-5H,1H3,(H,18,19)(H,15,16,17). The van der Waals surface area contributed by atoms with Crippen LogP contribution < -0.4 is 10.1 Å². The number of carbonyl (C=O) groups is 1. The molecule has 20 heavy (non-hydrogen) atoms. The predicted octanol–water partition coefficient (Wildman–Crippen LogP) is 2.72. The number of halogens is 2. The van der Waals surface area contributed by atoms with Crippen molar-refractivity contribution >= 4 is 29.1 Å². The number of hydrogen-bond acceptors (Lipinski definition) is 5. The second-order valence-corrected chi connectivity index (χ2v) is 4.09. The number of carboxylic acids is 1. The molecule has 0 bridgehead atoms. The van der Waals surface area contributed by atoms with Crippen LogP contribution in [0, 0.1) is 5.82 Å². The minimum atomic E-state index is -1.34. The van der Waals surface area contributed by atoms with Crippen molar-refractivity contribution in [3.05, 3.63) is 40.8 Å². The van der Waals surface area contributed by atoms with Crippen LogP contribution in [-0.2, 0) is 0 Å². The summed E-state index contributed by atoms with van der Waals surface area (Å²) < 4.78 is 18.4. The van der Waals surface area contributed by atoms with Crippen molar-refractivity contribution in [3.63, 3.8) is 0 Å². The van der Waals surface area contributed by atoms with Crippen LogP contribution in [0.15, 0.2) is 24.4 Å². The average Bonchev–Trinajstić information content (AvgIpc) is 2.41. The fourth-order valence-corrected chi connectivity index (χ4v) is 1.58. The van der Waals surface area contributed by atoms with E-state index in [0.29, 0.717) is 5.69 Å². The van der Waals surface area contributed by atoms with E-state index in [4.69, 9.17) is 21.4 Å². The van der Waals surface area contributed by atoms with Crippen molar-refractivity contribution in [3.8, 4) is 6.01 Å². The molecule has 6 nitrogen and oxygen atoms in total. The molecule has 0 radical (unpaired) electrons. The van der Waals surface area contributed by atoms with E-state index in [9.17, 15) is 9.18 Å². The number of nitrogens with zero attached hydrogens (tertiary/aromatic N) is 2. The van der Waals surface area contributed by atoms with E-state index >= 15 is 0 Å². The lowest BCUT2D eigenvalue weighted by Crippen LogP contribution is -2.03. The van der Waals surface area contributed by atoms with Gasteiger partial charge in [-0.15, -0.1) is 0 Å². The Morgan fingerprint density at radius 1 is 1.50 bits per heavy atom.